The van der Waals surface area contributed by atoms with Gasteiger partial charge in [-0.1, -0.05) is 24.2 Å². The van der Waals surface area contributed by atoms with Gasteiger partial charge in [0.15, 0.2) is 6.17 Å². The van der Waals surface area contributed by atoms with Gasteiger partial charge in [0.1, 0.15) is 12.0 Å². The fourth-order valence-electron chi connectivity index (χ4n) is 3.03. The molecule has 1 amide bonds. The van der Waals surface area contributed by atoms with Crippen molar-refractivity contribution >= 4 is 17.3 Å². The van der Waals surface area contributed by atoms with Gasteiger partial charge in [0.25, 0.3) is 0 Å². The van der Waals surface area contributed by atoms with E-state index in [2.05, 4.69) is 31.3 Å². The summed E-state index contributed by atoms with van der Waals surface area (Å²) in [5.41, 5.74) is 12.7. The normalized spacial score (nSPS) is 15.0. The molecule has 4 unspecified atom stereocenters. The van der Waals surface area contributed by atoms with Crippen LogP contribution in [0.3, 0.4) is 0 Å². The Morgan fingerprint density at radius 2 is 2.00 bits per heavy atom. The molecule has 0 aliphatic rings. The number of carbonyl (C=O) groups is 1. The molecule has 7 N–H and O–H groups in total. The molecule has 0 aliphatic heterocycles. The molecule has 0 aliphatic carbocycles. The molecule has 168 valence electrons. The van der Waals surface area contributed by atoms with E-state index in [-0.39, 0.29) is 0 Å². The number of aromatic nitrogens is 1. The molecular formula is C18H33N9O3. The van der Waals surface area contributed by atoms with Gasteiger partial charge in [-0.3, -0.25) is 9.78 Å². The maximum Gasteiger partial charge on any atom is 0.234 e. The predicted octanol–water partition coefficient (Wildman–Crippen LogP) is 0.153. The minimum absolute atomic E-state index is 0.367. The molecule has 0 radical (unpaired) electrons. The summed E-state index contributed by atoms with van der Waals surface area (Å²) in [6.07, 6.45) is 1.72. The largest absolute Gasteiger partial charge is 0.367 e. The Bertz CT molecular complexity index is 676. The van der Waals surface area contributed by atoms with Gasteiger partial charge in [-0.25, -0.2) is 0 Å². The molecule has 4 atom stereocenters. The molecule has 0 fully saturated rings. The Morgan fingerprint density at radius 3 is 2.57 bits per heavy atom. The summed E-state index contributed by atoms with van der Waals surface area (Å²) in [4.78, 5) is 41.1. The molecule has 30 heavy (non-hydrogen) atoms. The summed E-state index contributed by atoms with van der Waals surface area (Å²) in [7, 11) is 1.55. The zero-order valence-corrected chi connectivity index (χ0v) is 17.7. The number of anilines is 2. The fraction of sp³-hybridized carbons (Fsp3) is 0.667. The van der Waals surface area contributed by atoms with Gasteiger partial charge >= 0.3 is 0 Å². The van der Waals surface area contributed by atoms with Crippen molar-refractivity contribution in [2.24, 2.45) is 27.7 Å². The third-order valence-electron chi connectivity index (χ3n) is 4.61. The summed E-state index contributed by atoms with van der Waals surface area (Å²) in [6, 6.07) is 1.28. The molecule has 1 heterocycles. The van der Waals surface area contributed by atoms with E-state index in [0.717, 1.165) is 13.0 Å². The molecule has 12 nitrogen and oxygen atoms in total. The molecular weight excluding hydrogens is 390 g/mol. The molecule has 12 heteroatoms. The number of hydrogen-bond acceptors (Lipinski definition) is 11. The van der Waals surface area contributed by atoms with Crippen molar-refractivity contribution in [1.29, 1.82) is 0 Å². The number of nitroso groups, excluding NO2 is 2. The van der Waals surface area contributed by atoms with Gasteiger partial charge < -0.3 is 32.3 Å². The second kappa shape index (κ2) is 13.6. The van der Waals surface area contributed by atoms with Crippen molar-refractivity contribution < 1.29 is 4.79 Å². The first-order chi connectivity index (χ1) is 14.4. The van der Waals surface area contributed by atoms with Gasteiger partial charge in [0.2, 0.25) is 5.91 Å². The van der Waals surface area contributed by atoms with Crippen molar-refractivity contribution in [2.75, 3.05) is 43.4 Å². The second-order valence-electron chi connectivity index (χ2n) is 6.83. The Balaban J connectivity index is 3.13. The zero-order valence-electron chi connectivity index (χ0n) is 17.7. The summed E-state index contributed by atoms with van der Waals surface area (Å²) in [5.74, 6) is -1.65. The zero-order chi connectivity index (χ0) is 22.5. The highest BCUT2D eigenvalue weighted by atomic mass is 16.3. The lowest BCUT2D eigenvalue weighted by Gasteiger charge is -2.29. The topological polar surface area (TPSA) is 180 Å². The molecule has 0 saturated carbocycles. The second-order valence-corrected chi connectivity index (χ2v) is 6.83. The highest BCUT2D eigenvalue weighted by molar-refractivity contribution is 5.96. The first-order valence-electron chi connectivity index (χ1n) is 9.97. The Morgan fingerprint density at radius 1 is 1.27 bits per heavy atom. The minimum atomic E-state index is -1.32. The van der Waals surface area contributed by atoms with Crippen molar-refractivity contribution in [3.63, 3.8) is 0 Å². The number of rotatable bonds is 15. The smallest absolute Gasteiger partial charge is 0.234 e. The number of pyridine rings is 1. The Kier molecular flexibility index (Phi) is 11.6. The predicted molar refractivity (Wildman–Crippen MR) is 118 cm³/mol. The van der Waals surface area contributed by atoms with Gasteiger partial charge in [-0.2, -0.15) is 4.91 Å². The van der Waals surface area contributed by atoms with Crippen LogP contribution in [0.4, 0.5) is 11.4 Å². The van der Waals surface area contributed by atoms with E-state index in [4.69, 9.17) is 11.5 Å². The highest BCUT2D eigenvalue weighted by Crippen LogP contribution is 2.26. The van der Waals surface area contributed by atoms with Crippen LogP contribution in [-0.4, -0.2) is 62.5 Å². The van der Waals surface area contributed by atoms with Crippen LogP contribution in [0.15, 0.2) is 28.8 Å². The van der Waals surface area contributed by atoms with E-state index < -0.39 is 30.2 Å². The van der Waals surface area contributed by atoms with Crippen LogP contribution >= 0.6 is 0 Å². The van der Waals surface area contributed by atoms with Crippen LogP contribution in [0.25, 0.3) is 0 Å². The number of amides is 1. The average Bonchev–Trinajstić information content (AvgIpc) is 2.76. The van der Waals surface area contributed by atoms with Gasteiger partial charge in [0.05, 0.1) is 23.7 Å². The van der Waals surface area contributed by atoms with Gasteiger partial charge in [-0.15, -0.1) is 4.91 Å². The number of likely N-dealkylation sites (N-methyl/N-ethyl adjacent to an activating group) is 1. The van der Waals surface area contributed by atoms with Crippen molar-refractivity contribution in [2.45, 2.75) is 38.6 Å². The van der Waals surface area contributed by atoms with E-state index in [1.54, 1.807) is 19.3 Å². The molecule has 0 bridgehead atoms. The summed E-state index contributed by atoms with van der Waals surface area (Å²) in [5, 5.41) is 14.6. The first kappa shape index (κ1) is 25.5. The molecule has 1 rings (SSSR count). The number of hydrogen-bond donors (Lipinski definition) is 5. The lowest BCUT2D eigenvalue weighted by Crippen LogP contribution is -2.53. The number of nitrogens with two attached hydrogens (primary N) is 2. The number of carbonyl (C=O) groups excluding carboxylic acids is 1. The van der Waals surface area contributed by atoms with Crippen molar-refractivity contribution in [1.82, 2.24) is 15.6 Å². The standard InChI is InChI=1S/C18H33N9O3/c1-4-8-27(11-12(25-29)9-22-5-2)14-6-7-23-10-13(14)24-18(28)15(16(19)21-3)17(20)26-30/h6-7,10,12,15-17,21-22H,4-5,8-9,11,19-20H2,1-3H3,(H,24,28). The van der Waals surface area contributed by atoms with E-state index in [1.165, 1.54) is 6.20 Å². The molecule has 0 saturated heterocycles. The van der Waals surface area contributed by atoms with Gasteiger partial charge in [-0.05, 0) is 26.1 Å². The van der Waals surface area contributed by atoms with E-state index in [9.17, 15) is 14.6 Å². The maximum atomic E-state index is 12.8. The lowest BCUT2D eigenvalue weighted by molar-refractivity contribution is -0.121. The van der Waals surface area contributed by atoms with Gasteiger partial charge in [0, 0.05) is 25.8 Å². The summed E-state index contributed by atoms with van der Waals surface area (Å²) >= 11 is 0. The van der Waals surface area contributed by atoms with Crippen molar-refractivity contribution in [3.8, 4) is 0 Å². The quantitative estimate of drug-likeness (QED) is 0.194. The first-order valence-corrected chi connectivity index (χ1v) is 9.97. The molecule has 0 aromatic carbocycles. The van der Waals surface area contributed by atoms with E-state index in [0.29, 0.717) is 31.0 Å². The average molecular weight is 424 g/mol. The highest BCUT2D eigenvalue weighted by Gasteiger charge is 2.32. The van der Waals surface area contributed by atoms with Crippen LogP contribution in [0, 0.1) is 15.7 Å². The summed E-state index contributed by atoms with van der Waals surface area (Å²) < 4.78 is 0. The lowest BCUT2D eigenvalue weighted by atomic mass is 10.0. The van der Waals surface area contributed by atoms with Crippen molar-refractivity contribution in [3.05, 3.63) is 28.3 Å². The van der Waals surface area contributed by atoms with E-state index >= 15 is 0 Å². The summed E-state index contributed by atoms with van der Waals surface area (Å²) in [6.45, 7) is 6.15. The van der Waals surface area contributed by atoms with Crippen LogP contribution in [0.1, 0.15) is 20.3 Å². The fourth-order valence-corrected chi connectivity index (χ4v) is 3.03. The van der Waals surface area contributed by atoms with E-state index in [1.807, 2.05) is 18.7 Å². The Labute approximate surface area is 176 Å². The van der Waals surface area contributed by atoms with Crippen LogP contribution in [0.5, 0.6) is 0 Å². The third kappa shape index (κ3) is 7.37. The van der Waals surface area contributed by atoms with Crippen LogP contribution < -0.4 is 32.3 Å². The monoisotopic (exact) mass is 423 g/mol. The SMILES string of the molecule is CCCN(CC(CNCC)N=O)c1ccncc1NC(=O)C(C(N)N=O)C(N)NC. The Hall–Kier alpha value is -2.54. The van der Waals surface area contributed by atoms with Crippen LogP contribution in [-0.2, 0) is 4.79 Å². The maximum absolute atomic E-state index is 12.8. The molecule has 0 spiro atoms. The number of nitrogens with zero attached hydrogens (tertiary/aromatic N) is 4. The number of nitrogens with one attached hydrogen (secondary N) is 3. The third-order valence-corrected chi connectivity index (χ3v) is 4.61. The van der Waals surface area contributed by atoms with Crippen LogP contribution in [0.2, 0.25) is 0 Å². The minimum Gasteiger partial charge on any atom is -0.367 e. The molecule has 1 aromatic rings. The molecule has 1 aromatic heterocycles.